The monoisotopic (exact) mass is 290 g/mol. The van der Waals surface area contributed by atoms with E-state index in [9.17, 15) is 4.79 Å². The molecular formula is C10H15BrN2OS. The lowest BCUT2D eigenvalue weighted by Gasteiger charge is -2.06. The molecule has 0 saturated carbocycles. The minimum absolute atomic E-state index is 0.0739. The van der Waals surface area contributed by atoms with Crippen molar-refractivity contribution < 1.29 is 4.79 Å². The minimum Gasteiger partial charge on any atom is -0.351 e. The lowest BCUT2D eigenvalue weighted by molar-refractivity contribution is 0.0949. The molecule has 1 aromatic heterocycles. The van der Waals surface area contributed by atoms with Gasteiger partial charge in [-0.3, -0.25) is 4.79 Å². The molecule has 1 amide bonds. The maximum Gasteiger partial charge on any atom is 0.270 e. The van der Waals surface area contributed by atoms with Crippen LogP contribution >= 0.6 is 27.3 Å². The number of amides is 1. The third-order valence-corrected chi connectivity index (χ3v) is 3.92. The molecule has 0 saturated heterocycles. The summed E-state index contributed by atoms with van der Waals surface area (Å²) in [6, 6.07) is 0. The zero-order chi connectivity index (χ0) is 11.3. The molecule has 0 spiro atoms. The van der Waals surface area contributed by atoms with Crippen LogP contribution in [0.2, 0.25) is 0 Å². The fourth-order valence-electron chi connectivity index (χ4n) is 1.10. The number of nitrogens with one attached hydrogen (secondary N) is 1. The summed E-state index contributed by atoms with van der Waals surface area (Å²) in [4.78, 5) is 16.2. The van der Waals surface area contributed by atoms with Gasteiger partial charge >= 0.3 is 0 Å². The van der Waals surface area contributed by atoms with Gasteiger partial charge in [0.2, 0.25) is 0 Å². The molecule has 1 heterocycles. The first-order valence-corrected chi connectivity index (χ1v) is 6.77. The normalized spacial score (nSPS) is 12.5. The Kier molecular flexibility index (Phi) is 5.25. The molecule has 1 unspecified atom stereocenters. The molecule has 1 aromatic rings. The maximum atomic E-state index is 11.5. The highest BCUT2D eigenvalue weighted by atomic mass is 79.9. The predicted molar refractivity (Wildman–Crippen MR) is 66.8 cm³/mol. The first-order valence-electron chi connectivity index (χ1n) is 4.98. The minimum atomic E-state index is -0.0739. The van der Waals surface area contributed by atoms with E-state index < -0.39 is 0 Å². The molecule has 0 fully saturated rings. The van der Waals surface area contributed by atoms with Crippen molar-refractivity contribution in [1.29, 1.82) is 0 Å². The number of hydrogen-bond donors (Lipinski definition) is 1. The zero-order valence-corrected chi connectivity index (χ0v) is 11.3. The fourth-order valence-corrected chi connectivity index (χ4v) is 1.93. The molecule has 5 heteroatoms. The second-order valence-corrected chi connectivity index (χ2v) is 5.66. The van der Waals surface area contributed by atoms with Crippen LogP contribution in [0.3, 0.4) is 0 Å². The molecule has 1 N–H and O–H groups in total. The smallest absolute Gasteiger partial charge is 0.270 e. The lowest BCUT2D eigenvalue weighted by Crippen LogP contribution is -2.26. The second kappa shape index (κ2) is 6.23. The summed E-state index contributed by atoms with van der Waals surface area (Å²) in [6.45, 7) is 4.71. The van der Waals surface area contributed by atoms with Gasteiger partial charge in [-0.15, -0.1) is 11.3 Å². The molecule has 84 valence electrons. The first-order chi connectivity index (χ1) is 7.13. The molecule has 1 rings (SSSR count). The highest BCUT2D eigenvalue weighted by Gasteiger charge is 2.09. The number of alkyl halides is 1. The summed E-state index contributed by atoms with van der Waals surface area (Å²) in [7, 11) is 0. The molecular weight excluding hydrogens is 276 g/mol. The van der Waals surface area contributed by atoms with E-state index in [2.05, 4.69) is 33.2 Å². The van der Waals surface area contributed by atoms with Gasteiger partial charge in [0.1, 0.15) is 5.69 Å². The van der Waals surface area contributed by atoms with Gasteiger partial charge in [0.25, 0.3) is 5.91 Å². The maximum absolute atomic E-state index is 11.5. The van der Waals surface area contributed by atoms with Crippen molar-refractivity contribution in [2.45, 2.75) is 31.5 Å². The van der Waals surface area contributed by atoms with Crippen molar-refractivity contribution in [3.63, 3.8) is 0 Å². The molecule has 0 aliphatic carbocycles. The number of aromatic nitrogens is 1. The molecule has 0 aromatic carbocycles. The highest BCUT2D eigenvalue weighted by molar-refractivity contribution is 9.09. The van der Waals surface area contributed by atoms with Crippen LogP contribution in [0.1, 0.15) is 35.3 Å². The van der Waals surface area contributed by atoms with Crippen LogP contribution in [0.4, 0.5) is 0 Å². The van der Waals surface area contributed by atoms with Crippen molar-refractivity contribution in [1.82, 2.24) is 10.3 Å². The number of hydrogen-bond acceptors (Lipinski definition) is 3. The van der Waals surface area contributed by atoms with Crippen LogP contribution in [0.15, 0.2) is 5.38 Å². The Balaban J connectivity index is 2.31. The van der Waals surface area contributed by atoms with E-state index in [1.54, 1.807) is 5.38 Å². The van der Waals surface area contributed by atoms with Gasteiger partial charge in [-0.05, 0) is 19.8 Å². The van der Waals surface area contributed by atoms with Crippen LogP contribution in [-0.2, 0) is 0 Å². The van der Waals surface area contributed by atoms with Gasteiger partial charge in [-0.2, -0.15) is 0 Å². The van der Waals surface area contributed by atoms with Gasteiger partial charge in [-0.25, -0.2) is 4.98 Å². The largest absolute Gasteiger partial charge is 0.351 e. The number of rotatable bonds is 5. The van der Waals surface area contributed by atoms with E-state index in [1.165, 1.54) is 11.3 Å². The van der Waals surface area contributed by atoms with Gasteiger partial charge in [0.05, 0.1) is 5.01 Å². The number of aryl methyl sites for hydroxylation is 1. The van der Waals surface area contributed by atoms with Gasteiger partial charge in [0.15, 0.2) is 0 Å². The van der Waals surface area contributed by atoms with Gasteiger partial charge < -0.3 is 5.32 Å². The van der Waals surface area contributed by atoms with Crippen LogP contribution in [0.25, 0.3) is 0 Å². The van der Waals surface area contributed by atoms with Crippen molar-refractivity contribution in [2.24, 2.45) is 0 Å². The summed E-state index contributed by atoms with van der Waals surface area (Å²) >= 11 is 5.02. The predicted octanol–water partition coefficient (Wildman–Crippen LogP) is 2.74. The van der Waals surface area contributed by atoms with Gasteiger partial charge in [0, 0.05) is 16.8 Å². The van der Waals surface area contributed by atoms with Crippen molar-refractivity contribution in [3.05, 3.63) is 16.1 Å². The SMILES string of the molecule is CCC(Br)CCNC(=O)c1csc(C)n1. The number of carbonyl (C=O) groups is 1. The van der Waals surface area contributed by atoms with Gasteiger partial charge in [-0.1, -0.05) is 22.9 Å². The molecule has 3 nitrogen and oxygen atoms in total. The van der Waals surface area contributed by atoms with E-state index in [1.807, 2.05) is 6.92 Å². The summed E-state index contributed by atoms with van der Waals surface area (Å²) < 4.78 is 0. The van der Waals surface area contributed by atoms with E-state index in [-0.39, 0.29) is 5.91 Å². The Labute approximate surface area is 102 Å². The van der Waals surface area contributed by atoms with Crippen LogP contribution in [0.5, 0.6) is 0 Å². The zero-order valence-electron chi connectivity index (χ0n) is 8.92. The van der Waals surface area contributed by atoms with Crippen molar-refractivity contribution >= 4 is 33.2 Å². The summed E-state index contributed by atoms with van der Waals surface area (Å²) in [6.07, 6.45) is 2.02. The molecule has 0 bridgehead atoms. The van der Waals surface area contributed by atoms with Crippen LogP contribution in [-0.4, -0.2) is 22.3 Å². The second-order valence-electron chi connectivity index (χ2n) is 3.30. The number of thiazole rings is 1. The van der Waals surface area contributed by atoms with Crippen LogP contribution in [0, 0.1) is 6.92 Å². The number of halogens is 1. The third-order valence-electron chi connectivity index (χ3n) is 2.04. The van der Waals surface area contributed by atoms with E-state index in [4.69, 9.17) is 0 Å². The lowest BCUT2D eigenvalue weighted by atomic mass is 10.2. The number of carbonyl (C=O) groups excluding carboxylic acids is 1. The molecule has 1 atom stereocenters. The third kappa shape index (κ3) is 4.30. The summed E-state index contributed by atoms with van der Waals surface area (Å²) in [5.74, 6) is -0.0739. The Hall–Kier alpha value is -0.420. The van der Waals surface area contributed by atoms with Crippen molar-refractivity contribution in [3.8, 4) is 0 Å². The average molecular weight is 291 g/mol. The molecule has 0 radical (unpaired) electrons. The Morgan fingerprint density at radius 3 is 3.00 bits per heavy atom. The highest BCUT2D eigenvalue weighted by Crippen LogP contribution is 2.09. The Morgan fingerprint density at radius 1 is 1.73 bits per heavy atom. The Bertz CT molecular complexity index is 327. The quantitative estimate of drug-likeness (QED) is 0.848. The number of nitrogens with zero attached hydrogens (tertiary/aromatic N) is 1. The fraction of sp³-hybridized carbons (Fsp3) is 0.600. The molecule has 0 aliphatic heterocycles. The van der Waals surface area contributed by atoms with E-state index >= 15 is 0 Å². The van der Waals surface area contributed by atoms with E-state index in [0.717, 1.165) is 17.8 Å². The Morgan fingerprint density at radius 2 is 2.47 bits per heavy atom. The summed E-state index contributed by atoms with van der Waals surface area (Å²) in [5, 5.41) is 5.56. The average Bonchev–Trinajstić information content (AvgIpc) is 2.64. The topological polar surface area (TPSA) is 42.0 Å². The van der Waals surface area contributed by atoms with Crippen LogP contribution < -0.4 is 5.32 Å². The first kappa shape index (κ1) is 12.6. The molecule has 0 aliphatic rings. The molecule has 15 heavy (non-hydrogen) atoms. The standard InChI is InChI=1S/C10H15BrN2OS/c1-3-8(11)4-5-12-10(14)9-6-15-7(2)13-9/h6,8H,3-5H2,1-2H3,(H,12,14). The summed E-state index contributed by atoms with van der Waals surface area (Å²) in [5.41, 5.74) is 0.528. The van der Waals surface area contributed by atoms with Crippen molar-refractivity contribution in [2.75, 3.05) is 6.54 Å². The van der Waals surface area contributed by atoms with E-state index in [0.29, 0.717) is 17.1 Å².